The second-order valence-corrected chi connectivity index (χ2v) is 13.8. The lowest BCUT2D eigenvalue weighted by Gasteiger charge is -2.56. The summed E-state index contributed by atoms with van der Waals surface area (Å²) < 4.78 is 31.1. The smallest absolute Gasteiger partial charge is 0.320 e. The van der Waals surface area contributed by atoms with E-state index in [1.165, 1.54) is 6.42 Å². The minimum Gasteiger partial charge on any atom is -0.378 e. The van der Waals surface area contributed by atoms with Crippen LogP contribution in [0.15, 0.2) is 0 Å². The molecule has 4 rings (SSSR count). The molecule has 0 radical (unpaired) electrons. The Morgan fingerprint density at radius 3 is 2.50 bits per heavy atom. The first-order valence-corrected chi connectivity index (χ1v) is 14.3. The summed E-state index contributed by atoms with van der Waals surface area (Å²) in [5.74, 6) is 8.78. The van der Waals surface area contributed by atoms with Gasteiger partial charge in [-0.3, -0.25) is 9.35 Å². The number of ketones is 1. The molecule has 4 fully saturated rings. The van der Waals surface area contributed by atoms with Crippen molar-refractivity contribution in [1.29, 1.82) is 0 Å². The molecule has 0 aromatic heterocycles. The Kier molecular flexibility index (Phi) is 6.11. The zero-order valence-corrected chi connectivity index (χ0v) is 19.6. The molecule has 4 aliphatic rings. The summed E-state index contributed by atoms with van der Waals surface area (Å²) in [6.07, 6.45) is 8.98. The highest BCUT2D eigenvalue weighted by molar-refractivity contribution is 8.70. The van der Waals surface area contributed by atoms with Crippen molar-refractivity contribution >= 4 is 25.7 Å². The molecule has 8 atom stereocenters. The molecule has 0 amide bonds. The van der Waals surface area contributed by atoms with Crippen molar-refractivity contribution in [3.05, 3.63) is 0 Å². The van der Waals surface area contributed by atoms with Crippen LogP contribution in [0, 0.1) is 52.8 Å². The minimum absolute atomic E-state index is 0.0179. The zero-order valence-electron chi connectivity index (χ0n) is 18.0. The van der Waals surface area contributed by atoms with Crippen molar-refractivity contribution in [1.82, 2.24) is 0 Å². The van der Waals surface area contributed by atoms with E-state index >= 15 is 0 Å². The highest BCUT2D eigenvalue weighted by atomic mass is 33.1. The summed E-state index contributed by atoms with van der Waals surface area (Å²) in [4.78, 5) is 12.8. The predicted octanol–water partition coefficient (Wildman–Crippen LogP) is 4.11. The summed E-state index contributed by atoms with van der Waals surface area (Å²) in [7, 11) is -3.83. The maximum Gasteiger partial charge on any atom is 0.320 e. The van der Waals surface area contributed by atoms with E-state index in [-0.39, 0.29) is 22.9 Å². The fourth-order valence-electron chi connectivity index (χ4n) is 7.99. The Labute approximate surface area is 184 Å². The second-order valence-electron chi connectivity index (χ2n) is 10.4. The van der Waals surface area contributed by atoms with E-state index in [2.05, 4.69) is 18.8 Å². The minimum atomic E-state index is -4.18. The van der Waals surface area contributed by atoms with E-state index in [4.69, 9.17) is 4.55 Å². The summed E-state index contributed by atoms with van der Waals surface area (Å²) in [5, 5.41) is 10.8. The van der Waals surface area contributed by atoms with Gasteiger partial charge in [-0.1, -0.05) is 12.8 Å². The van der Waals surface area contributed by atoms with Gasteiger partial charge in [0.15, 0.2) is 0 Å². The molecule has 0 spiro atoms. The largest absolute Gasteiger partial charge is 0.378 e. The van der Waals surface area contributed by atoms with Crippen LogP contribution in [-0.4, -0.2) is 35.2 Å². The molecular weight excluding hydrogens is 420 g/mol. The summed E-state index contributed by atoms with van der Waals surface area (Å²) in [5.41, 5.74) is -0.852. The van der Waals surface area contributed by atoms with E-state index in [0.29, 0.717) is 40.4 Å². The molecule has 7 heteroatoms. The third-order valence-electron chi connectivity index (χ3n) is 9.11. The normalized spacial score (nSPS) is 45.5. The molecule has 0 aromatic rings. The van der Waals surface area contributed by atoms with Crippen LogP contribution in [0.3, 0.4) is 0 Å². The van der Waals surface area contributed by atoms with Gasteiger partial charge < -0.3 is 5.11 Å². The number of Topliss-reactive ketones (excluding diaryl/α,β-unsaturated/α-hetero) is 1. The standard InChI is InChI=1S/C23H34O5S2/c1-3-10-23(25)12-9-16-15(13-23)4-5-18-17(16)8-11-22(2)19(18)6-7-20(22)21(24)14-29-30(26,27)28/h15-20,25H,4-9,11-14H2,1-2H3,(H,26,27,28)/t15-,16+,17?,18?,19?,20-,22+,23-/m1/s1. The number of carbonyl (C=O) groups is 1. The second kappa shape index (κ2) is 8.10. The predicted molar refractivity (Wildman–Crippen MR) is 118 cm³/mol. The van der Waals surface area contributed by atoms with E-state index in [1.54, 1.807) is 6.92 Å². The maximum absolute atomic E-state index is 12.8. The number of fused-ring (bicyclic) bond motifs is 5. The van der Waals surface area contributed by atoms with Crippen molar-refractivity contribution < 1.29 is 22.9 Å². The van der Waals surface area contributed by atoms with Crippen LogP contribution in [0.25, 0.3) is 0 Å². The molecule has 5 nitrogen and oxygen atoms in total. The Balaban J connectivity index is 1.46. The number of aliphatic hydroxyl groups is 1. The van der Waals surface area contributed by atoms with Crippen LogP contribution in [-0.2, 0) is 13.9 Å². The quantitative estimate of drug-likeness (QED) is 0.377. The Bertz CT molecular complexity index is 859. The number of carbonyl (C=O) groups excluding carboxylic acids is 1. The van der Waals surface area contributed by atoms with Gasteiger partial charge in [-0.05, 0) is 99.7 Å². The Morgan fingerprint density at radius 2 is 1.80 bits per heavy atom. The van der Waals surface area contributed by atoms with Gasteiger partial charge in [-0.2, -0.15) is 8.42 Å². The molecule has 168 valence electrons. The van der Waals surface area contributed by atoms with Crippen molar-refractivity contribution in [2.24, 2.45) is 40.9 Å². The van der Waals surface area contributed by atoms with Gasteiger partial charge in [-0.15, -0.1) is 5.92 Å². The molecule has 3 unspecified atom stereocenters. The van der Waals surface area contributed by atoms with Crippen LogP contribution >= 0.6 is 10.8 Å². The lowest BCUT2D eigenvalue weighted by atomic mass is 9.49. The molecule has 0 bridgehead atoms. The first-order chi connectivity index (χ1) is 14.1. The fourth-order valence-corrected chi connectivity index (χ4v) is 9.25. The van der Waals surface area contributed by atoms with Crippen LogP contribution in [0.2, 0.25) is 0 Å². The van der Waals surface area contributed by atoms with Gasteiger partial charge >= 0.3 is 9.15 Å². The SMILES string of the molecule is CC#C[C@@]1(O)CC[C@@H]2C3CC[C@@]4(C)C(CC[C@@H]4C(=O)CSS(=O)(=O)O)C3CC[C@@H]2C1. The molecule has 4 saturated carbocycles. The third kappa shape index (κ3) is 4.10. The monoisotopic (exact) mass is 454 g/mol. The van der Waals surface area contributed by atoms with Gasteiger partial charge in [0.05, 0.1) is 5.75 Å². The molecule has 0 aromatic carbocycles. The summed E-state index contributed by atoms with van der Waals surface area (Å²) in [6.45, 7) is 4.05. The molecule has 0 aliphatic heterocycles. The molecule has 0 saturated heterocycles. The van der Waals surface area contributed by atoms with Gasteiger partial charge in [0.1, 0.15) is 11.4 Å². The van der Waals surface area contributed by atoms with Gasteiger partial charge in [0.25, 0.3) is 0 Å². The molecule has 0 heterocycles. The third-order valence-corrected chi connectivity index (χ3v) is 11.1. The highest BCUT2D eigenvalue weighted by Crippen LogP contribution is 2.64. The van der Waals surface area contributed by atoms with Crippen molar-refractivity contribution in [3.63, 3.8) is 0 Å². The van der Waals surface area contributed by atoms with E-state index in [9.17, 15) is 18.3 Å². The average molecular weight is 455 g/mol. The van der Waals surface area contributed by atoms with Crippen LogP contribution in [0.5, 0.6) is 0 Å². The average Bonchev–Trinajstić information content (AvgIpc) is 3.02. The van der Waals surface area contributed by atoms with Gasteiger partial charge in [0.2, 0.25) is 0 Å². The topological polar surface area (TPSA) is 91.7 Å². The maximum atomic E-state index is 12.8. The zero-order chi connectivity index (χ0) is 21.7. The lowest BCUT2D eigenvalue weighted by molar-refractivity contribution is -0.129. The number of hydrogen-bond acceptors (Lipinski definition) is 5. The van der Waals surface area contributed by atoms with Crippen molar-refractivity contribution in [3.8, 4) is 11.8 Å². The van der Waals surface area contributed by atoms with E-state index in [0.717, 1.165) is 51.4 Å². The lowest BCUT2D eigenvalue weighted by Crippen LogP contribution is -2.51. The van der Waals surface area contributed by atoms with Crippen molar-refractivity contribution in [2.75, 3.05) is 5.75 Å². The molecular formula is C23H34O5S2. The molecule has 30 heavy (non-hydrogen) atoms. The fraction of sp³-hybridized carbons (Fsp3) is 0.870. The summed E-state index contributed by atoms with van der Waals surface area (Å²) in [6, 6.07) is 0. The summed E-state index contributed by atoms with van der Waals surface area (Å²) >= 11 is 0. The van der Waals surface area contributed by atoms with E-state index < -0.39 is 14.8 Å². The first-order valence-electron chi connectivity index (χ1n) is 11.4. The van der Waals surface area contributed by atoms with Crippen LogP contribution in [0.4, 0.5) is 0 Å². The Morgan fingerprint density at radius 1 is 1.07 bits per heavy atom. The molecule has 4 aliphatic carbocycles. The number of hydrogen-bond donors (Lipinski definition) is 2. The van der Waals surface area contributed by atoms with Gasteiger partial charge in [-0.25, -0.2) is 0 Å². The van der Waals surface area contributed by atoms with Crippen LogP contribution < -0.4 is 0 Å². The molecule has 2 N–H and O–H groups in total. The first kappa shape index (κ1) is 22.6. The van der Waals surface area contributed by atoms with Crippen molar-refractivity contribution in [2.45, 2.75) is 77.2 Å². The van der Waals surface area contributed by atoms with E-state index in [1.807, 2.05) is 0 Å². The number of rotatable bonds is 4. The van der Waals surface area contributed by atoms with Gasteiger partial charge in [0, 0.05) is 16.7 Å². The Hall–Kier alpha value is -0.550. The van der Waals surface area contributed by atoms with Crippen LogP contribution in [0.1, 0.15) is 71.6 Å². The highest BCUT2D eigenvalue weighted by Gasteiger charge is 2.58.